The first-order chi connectivity index (χ1) is 13.2. The molecule has 0 radical (unpaired) electrons. The van der Waals surface area contributed by atoms with Crippen LogP contribution in [0.1, 0.15) is 11.1 Å². The number of allylic oxidation sites excluding steroid dienone is 11. The summed E-state index contributed by atoms with van der Waals surface area (Å²) in [7, 11) is 0. The van der Waals surface area contributed by atoms with Crippen molar-refractivity contribution in [3.05, 3.63) is 137 Å². The first kappa shape index (κ1) is 21.3. The van der Waals surface area contributed by atoms with Gasteiger partial charge in [-0.05, 0) is 28.7 Å². The van der Waals surface area contributed by atoms with Crippen molar-refractivity contribution in [1.82, 2.24) is 0 Å². The average Bonchev–Trinajstić information content (AvgIpc) is 3.43. The maximum atomic E-state index is 11.7. The zero-order chi connectivity index (χ0) is 18.9. The van der Waals surface area contributed by atoms with Gasteiger partial charge in [0.25, 0.3) is 0 Å². The third kappa shape index (κ3) is 6.02. The summed E-state index contributed by atoms with van der Waals surface area (Å²) in [5, 5.41) is 23.4. The minimum absolute atomic E-state index is 0. The van der Waals surface area contributed by atoms with Gasteiger partial charge in [-0.3, -0.25) is 0 Å². The van der Waals surface area contributed by atoms with E-state index >= 15 is 0 Å². The standard InChI is InChI=1S/C13H12O.C12H10O.Fe/c14-13(12-8-4-5-9-12)10-11-6-2-1-3-7-11;13-12(11-8-4-5-9-11)10-6-2-1-3-7-10;/h1-9,14H,10H2;1-9,13H;/q;;+2/p-2. The second-order valence-corrected chi connectivity index (χ2v) is 6.13. The van der Waals surface area contributed by atoms with E-state index in [2.05, 4.69) is 0 Å². The molecule has 0 fully saturated rings. The molecule has 28 heavy (non-hydrogen) atoms. The SMILES string of the molecule is [Fe+2].[O-]C(=C1C=CC=C1)c1ccccc1.[O-]C(Cc1ccccc1)=C1C=CC=C1. The van der Waals surface area contributed by atoms with Crippen LogP contribution in [0.5, 0.6) is 0 Å². The van der Waals surface area contributed by atoms with Gasteiger partial charge in [0.05, 0.1) is 0 Å². The molecule has 3 heteroatoms. The molecule has 140 valence electrons. The Kier molecular flexibility index (Phi) is 8.35. The summed E-state index contributed by atoms with van der Waals surface area (Å²) in [5.74, 6) is 0.270. The maximum Gasteiger partial charge on any atom is 2.00 e. The quantitative estimate of drug-likeness (QED) is 0.572. The zero-order valence-electron chi connectivity index (χ0n) is 15.3. The second-order valence-electron chi connectivity index (χ2n) is 6.13. The molecule has 0 atom stereocenters. The molecular weight excluding hydrogens is 388 g/mol. The van der Waals surface area contributed by atoms with Crippen molar-refractivity contribution >= 4 is 5.76 Å². The van der Waals surface area contributed by atoms with Crippen LogP contribution in [-0.4, -0.2) is 0 Å². The predicted octanol–water partition coefficient (Wildman–Crippen LogP) is 3.85. The van der Waals surface area contributed by atoms with E-state index in [1.165, 1.54) is 0 Å². The Bertz CT molecular complexity index is 919. The van der Waals surface area contributed by atoms with E-state index in [1.807, 2.05) is 109 Å². The summed E-state index contributed by atoms with van der Waals surface area (Å²) in [6.45, 7) is 0. The number of hydrogen-bond acceptors (Lipinski definition) is 2. The fourth-order valence-corrected chi connectivity index (χ4v) is 2.72. The van der Waals surface area contributed by atoms with Crippen LogP contribution in [0, 0.1) is 0 Å². The molecule has 0 unspecified atom stereocenters. The fraction of sp³-hybridized carbons (Fsp3) is 0.0400. The molecule has 0 N–H and O–H groups in total. The Balaban J connectivity index is 0.000000194. The number of benzene rings is 2. The van der Waals surface area contributed by atoms with Crippen LogP contribution in [0.25, 0.3) is 5.76 Å². The average molecular weight is 408 g/mol. The van der Waals surface area contributed by atoms with Gasteiger partial charge in [-0.15, -0.1) is 5.76 Å². The van der Waals surface area contributed by atoms with E-state index in [9.17, 15) is 10.2 Å². The van der Waals surface area contributed by atoms with E-state index in [1.54, 1.807) is 0 Å². The molecule has 0 aromatic heterocycles. The van der Waals surface area contributed by atoms with Crippen molar-refractivity contribution in [3.8, 4) is 0 Å². The molecule has 2 aromatic rings. The van der Waals surface area contributed by atoms with E-state index in [-0.39, 0.29) is 28.6 Å². The van der Waals surface area contributed by atoms with Gasteiger partial charge < -0.3 is 10.2 Å². The molecule has 2 aliphatic rings. The van der Waals surface area contributed by atoms with Gasteiger partial charge in [0.2, 0.25) is 0 Å². The van der Waals surface area contributed by atoms with E-state index in [4.69, 9.17) is 0 Å². The minimum Gasteiger partial charge on any atom is -0.875 e. The summed E-state index contributed by atoms with van der Waals surface area (Å²) < 4.78 is 0. The molecule has 2 aliphatic carbocycles. The molecule has 0 saturated heterocycles. The van der Waals surface area contributed by atoms with Crippen LogP contribution < -0.4 is 10.2 Å². The van der Waals surface area contributed by atoms with Gasteiger partial charge in [-0.1, -0.05) is 115 Å². The van der Waals surface area contributed by atoms with Gasteiger partial charge in [0.15, 0.2) is 0 Å². The molecule has 0 amide bonds. The largest absolute Gasteiger partial charge is 2.00 e. The minimum atomic E-state index is 0. The molecule has 4 rings (SSSR count). The van der Waals surface area contributed by atoms with Crippen molar-refractivity contribution in [2.45, 2.75) is 6.42 Å². The molecule has 0 saturated carbocycles. The predicted molar refractivity (Wildman–Crippen MR) is 107 cm³/mol. The van der Waals surface area contributed by atoms with Gasteiger partial charge in [0, 0.05) is 0 Å². The molecule has 0 aliphatic heterocycles. The third-order valence-corrected chi connectivity index (χ3v) is 4.15. The Morgan fingerprint density at radius 1 is 0.607 bits per heavy atom. The van der Waals surface area contributed by atoms with Crippen molar-refractivity contribution in [1.29, 1.82) is 0 Å². The van der Waals surface area contributed by atoms with Crippen LogP contribution in [0.4, 0.5) is 0 Å². The topological polar surface area (TPSA) is 46.1 Å². The van der Waals surface area contributed by atoms with Crippen LogP contribution in [0.15, 0.2) is 126 Å². The zero-order valence-corrected chi connectivity index (χ0v) is 16.4. The Morgan fingerprint density at radius 3 is 1.61 bits per heavy atom. The van der Waals surface area contributed by atoms with E-state index in [0.717, 1.165) is 22.3 Å². The summed E-state index contributed by atoms with van der Waals surface area (Å²) in [4.78, 5) is 0. The van der Waals surface area contributed by atoms with Gasteiger partial charge in [0.1, 0.15) is 0 Å². The number of hydrogen-bond donors (Lipinski definition) is 0. The van der Waals surface area contributed by atoms with Crippen molar-refractivity contribution in [3.63, 3.8) is 0 Å². The molecule has 0 spiro atoms. The van der Waals surface area contributed by atoms with Crippen LogP contribution in [0.2, 0.25) is 0 Å². The third-order valence-electron chi connectivity index (χ3n) is 4.15. The maximum absolute atomic E-state index is 11.7. The summed E-state index contributed by atoms with van der Waals surface area (Å²) in [6, 6.07) is 19.1. The summed E-state index contributed by atoms with van der Waals surface area (Å²) >= 11 is 0. The molecule has 0 bridgehead atoms. The van der Waals surface area contributed by atoms with Crippen molar-refractivity contribution in [2.24, 2.45) is 0 Å². The second kappa shape index (κ2) is 11.0. The molecule has 0 heterocycles. The monoisotopic (exact) mass is 408 g/mol. The number of rotatable bonds is 3. The Labute approximate surface area is 176 Å². The van der Waals surface area contributed by atoms with Crippen LogP contribution in [-0.2, 0) is 23.5 Å². The first-order valence-corrected chi connectivity index (χ1v) is 8.84. The van der Waals surface area contributed by atoms with Crippen molar-refractivity contribution < 1.29 is 27.3 Å². The Morgan fingerprint density at radius 2 is 1.07 bits per heavy atom. The van der Waals surface area contributed by atoms with Crippen molar-refractivity contribution in [2.75, 3.05) is 0 Å². The van der Waals surface area contributed by atoms with E-state index < -0.39 is 0 Å². The normalized spacial score (nSPS) is 13.1. The van der Waals surface area contributed by atoms with Gasteiger partial charge >= 0.3 is 17.1 Å². The Hall–Kier alpha value is -3.00. The fourth-order valence-electron chi connectivity index (χ4n) is 2.72. The first-order valence-electron chi connectivity index (χ1n) is 8.84. The van der Waals surface area contributed by atoms with Gasteiger partial charge in [-0.25, -0.2) is 0 Å². The smallest absolute Gasteiger partial charge is 0.875 e. The molecule has 2 nitrogen and oxygen atoms in total. The van der Waals surface area contributed by atoms with Crippen LogP contribution in [0.3, 0.4) is 0 Å². The van der Waals surface area contributed by atoms with Gasteiger partial charge in [-0.2, -0.15) is 0 Å². The van der Waals surface area contributed by atoms with Crippen LogP contribution >= 0.6 is 0 Å². The van der Waals surface area contributed by atoms with E-state index in [0.29, 0.717) is 6.42 Å². The summed E-state index contributed by atoms with van der Waals surface area (Å²) in [6.07, 6.45) is 15.4. The molecular formula is C25H20FeO2. The summed E-state index contributed by atoms with van der Waals surface area (Å²) in [5.41, 5.74) is 3.37. The molecule has 2 aromatic carbocycles.